The number of anilines is 1. The van der Waals surface area contributed by atoms with Crippen molar-refractivity contribution in [1.82, 2.24) is 9.97 Å². The van der Waals surface area contributed by atoms with Crippen molar-refractivity contribution in [2.45, 2.75) is 0 Å². The molecule has 114 valence electrons. The first-order chi connectivity index (χ1) is 11.0. The zero-order chi connectivity index (χ0) is 16.4. The number of carbonyl (C=O) groups is 1. The number of pyridine rings is 2. The molecular weight excluding hydrogens is 364 g/mol. The normalized spacial score (nSPS) is 10.5. The number of nitrogens with zero attached hydrogens (tertiary/aromatic N) is 3. The Morgan fingerprint density at radius 2 is 2.00 bits per heavy atom. The Balaban J connectivity index is 1.91. The lowest BCUT2D eigenvalue weighted by atomic mass is 10.1. The Morgan fingerprint density at radius 1 is 1.22 bits per heavy atom. The van der Waals surface area contributed by atoms with Gasteiger partial charge in [0.05, 0.1) is 4.92 Å². The van der Waals surface area contributed by atoms with Crippen LogP contribution in [-0.4, -0.2) is 20.8 Å². The first kappa shape index (κ1) is 15.0. The molecule has 0 aliphatic heterocycles. The van der Waals surface area contributed by atoms with Crippen LogP contribution in [0, 0.1) is 10.1 Å². The highest BCUT2D eigenvalue weighted by Crippen LogP contribution is 2.21. The lowest BCUT2D eigenvalue weighted by Crippen LogP contribution is -2.14. The van der Waals surface area contributed by atoms with Gasteiger partial charge in [0.25, 0.3) is 11.6 Å². The lowest BCUT2D eigenvalue weighted by Gasteiger charge is -2.06. The van der Waals surface area contributed by atoms with Gasteiger partial charge in [-0.1, -0.05) is 12.1 Å². The molecule has 0 spiro atoms. The number of amides is 1. The summed E-state index contributed by atoms with van der Waals surface area (Å²) in [5, 5.41) is 14.3. The fourth-order valence-electron chi connectivity index (χ4n) is 2.06. The summed E-state index contributed by atoms with van der Waals surface area (Å²) in [6.45, 7) is 0. The highest BCUT2D eigenvalue weighted by Gasteiger charge is 2.19. The molecule has 1 amide bonds. The van der Waals surface area contributed by atoms with Crippen LogP contribution in [0.1, 0.15) is 10.4 Å². The second kappa shape index (κ2) is 6.09. The molecule has 1 aromatic carbocycles. The van der Waals surface area contributed by atoms with Gasteiger partial charge in [0.15, 0.2) is 5.65 Å². The van der Waals surface area contributed by atoms with Crippen molar-refractivity contribution in [2.75, 3.05) is 5.32 Å². The summed E-state index contributed by atoms with van der Waals surface area (Å²) < 4.78 is 0.823. The van der Waals surface area contributed by atoms with Crippen LogP contribution in [0.25, 0.3) is 11.0 Å². The zero-order valence-corrected chi connectivity index (χ0v) is 13.1. The average Bonchev–Trinajstić information content (AvgIpc) is 2.55. The van der Waals surface area contributed by atoms with E-state index in [1.165, 1.54) is 18.2 Å². The number of rotatable bonds is 3. The molecule has 0 saturated carbocycles. The Hall–Kier alpha value is -2.87. The largest absolute Gasteiger partial charge is 0.306 e. The van der Waals surface area contributed by atoms with Crippen LogP contribution in [0.2, 0.25) is 0 Å². The summed E-state index contributed by atoms with van der Waals surface area (Å²) in [6, 6.07) is 11.0. The van der Waals surface area contributed by atoms with Crippen LogP contribution in [0.5, 0.6) is 0 Å². The number of hydrogen-bond donors (Lipinski definition) is 1. The molecule has 2 aromatic heterocycles. The third kappa shape index (κ3) is 3.16. The number of carbonyl (C=O) groups excluding carboxylic acids is 1. The summed E-state index contributed by atoms with van der Waals surface area (Å²) in [4.78, 5) is 31.0. The van der Waals surface area contributed by atoms with E-state index in [2.05, 4.69) is 31.2 Å². The lowest BCUT2D eigenvalue weighted by molar-refractivity contribution is -0.385. The molecule has 0 unspecified atom stereocenters. The maximum atomic E-state index is 12.2. The topological polar surface area (TPSA) is 98.0 Å². The van der Waals surface area contributed by atoms with E-state index < -0.39 is 10.8 Å². The van der Waals surface area contributed by atoms with E-state index in [1.807, 2.05) is 6.07 Å². The van der Waals surface area contributed by atoms with Crippen LogP contribution in [-0.2, 0) is 0 Å². The minimum absolute atomic E-state index is 0.0248. The van der Waals surface area contributed by atoms with Gasteiger partial charge in [-0.15, -0.1) is 0 Å². The quantitative estimate of drug-likeness (QED) is 0.559. The Morgan fingerprint density at radius 3 is 2.78 bits per heavy atom. The van der Waals surface area contributed by atoms with Gasteiger partial charge in [0.2, 0.25) is 0 Å². The summed E-state index contributed by atoms with van der Waals surface area (Å²) in [5.74, 6) is -0.322. The first-order valence-corrected chi connectivity index (χ1v) is 7.31. The summed E-state index contributed by atoms with van der Waals surface area (Å²) in [5.41, 5.74) is 0.185. The van der Waals surface area contributed by atoms with Gasteiger partial charge in [-0.25, -0.2) is 9.97 Å². The van der Waals surface area contributed by atoms with Crippen molar-refractivity contribution in [3.63, 3.8) is 0 Å². The minimum Gasteiger partial charge on any atom is -0.306 e. The van der Waals surface area contributed by atoms with E-state index in [0.717, 1.165) is 9.86 Å². The van der Waals surface area contributed by atoms with Gasteiger partial charge in [-0.3, -0.25) is 14.9 Å². The fourth-order valence-corrected chi connectivity index (χ4v) is 2.41. The number of aromatic nitrogens is 2. The van der Waals surface area contributed by atoms with Crippen molar-refractivity contribution < 1.29 is 9.72 Å². The predicted octanol–water partition coefficient (Wildman–Crippen LogP) is 3.55. The number of nitro benzene ring substituents is 1. The number of fused-ring (bicyclic) bond motifs is 1. The third-order valence-electron chi connectivity index (χ3n) is 3.10. The molecule has 7 nitrogen and oxygen atoms in total. The van der Waals surface area contributed by atoms with E-state index >= 15 is 0 Å². The van der Waals surface area contributed by atoms with E-state index in [4.69, 9.17) is 0 Å². The standard InChI is InChI=1S/C15H9BrN4O3/c16-10-7-9-5-6-13(18-14(9)17-8-10)19-15(21)11-3-1-2-4-12(11)20(22)23/h1-8H,(H,17,18,19,21). The molecular formula is C15H9BrN4O3. The zero-order valence-electron chi connectivity index (χ0n) is 11.6. The molecule has 3 rings (SSSR count). The Kier molecular flexibility index (Phi) is 3.98. The number of nitrogens with one attached hydrogen (secondary N) is 1. The molecule has 0 aliphatic carbocycles. The van der Waals surface area contributed by atoms with Crippen LogP contribution >= 0.6 is 15.9 Å². The number of hydrogen-bond acceptors (Lipinski definition) is 5. The molecule has 8 heteroatoms. The molecule has 0 aliphatic rings. The van der Waals surface area contributed by atoms with E-state index in [-0.39, 0.29) is 17.1 Å². The maximum absolute atomic E-state index is 12.2. The molecule has 2 heterocycles. The van der Waals surface area contributed by atoms with Gasteiger partial charge >= 0.3 is 0 Å². The van der Waals surface area contributed by atoms with Crippen LogP contribution in [0.15, 0.2) is 53.1 Å². The summed E-state index contributed by atoms with van der Waals surface area (Å²) >= 11 is 3.32. The van der Waals surface area contributed by atoms with Crippen LogP contribution in [0.3, 0.4) is 0 Å². The smallest absolute Gasteiger partial charge is 0.282 e. The van der Waals surface area contributed by atoms with Crippen LogP contribution in [0.4, 0.5) is 11.5 Å². The predicted molar refractivity (Wildman–Crippen MR) is 88.3 cm³/mol. The first-order valence-electron chi connectivity index (χ1n) is 6.51. The molecule has 0 radical (unpaired) electrons. The Bertz CT molecular complexity index is 929. The van der Waals surface area contributed by atoms with Gasteiger partial charge < -0.3 is 5.32 Å². The van der Waals surface area contributed by atoms with Gasteiger partial charge in [0, 0.05) is 22.1 Å². The fraction of sp³-hybridized carbons (Fsp3) is 0. The van der Waals surface area contributed by atoms with Gasteiger partial charge in [0.1, 0.15) is 11.4 Å². The number of nitro groups is 1. The van der Waals surface area contributed by atoms with E-state index in [0.29, 0.717) is 5.65 Å². The van der Waals surface area contributed by atoms with Crippen molar-refractivity contribution in [3.8, 4) is 0 Å². The number of halogens is 1. The monoisotopic (exact) mass is 372 g/mol. The summed E-state index contributed by atoms with van der Waals surface area (Å²) in [7, 11) is 0. The van der Waals surface area contributed by atoms with Crippen molar-refractivity contribution in [3.05, 3.63) is 68.8 Å². The molecule has 23 heavy (non-hydrogen) atoms. The number of para-hydroxylation sites is 1. The Labute approximate surface area is 138 Å². The van der Waals surface area contributed by atoms with Crippen LogP contribution < -0.4 is 5.32 Å². The van der Waals surface area contributed by atoms with Crippen molar-refractivity contribution in [2.24, 2.45) is 0 Å². The molecule has 0 fully saturated rings. The maximum Gasteiger partial charge on any atom is 0.282 e. The second-order valence-corrected chi connectivity index (χ2v) is 5.54. The highest BCUT2D eigenvalue weighted by molar-refractivity contribution is 9.10. The third-order valence-corrected chi connectivity index (χ3v) is 3.53. The molecule has 3 aromatic rings. The second-order valence-electron chi connectivity index (χ2n) is 4.63. The van der Waals surface area contributed by atoms with E-state index in [9.17, 15) is 14.9 Å². The highest BCUT2D eigenvalue weighted by atomic mass is 79.9. The van der Waals surface area contributed by atoms with Gasteiger partial charge in [-0.05, 0) is 40.2 Å². The molecule has 0 bridgehead atoms. The van der Waals surface area contributed by atoms with Crippen molar-refractivity contribution in [1.29, 1.82) is 0 Å². The number of benzene rings is 1. The molecule has 0 atom stereocenters. The molecule has 1 N–H and O–H groups in total. The summed E-state index contributed by atoms with van der Waals surface area (Å²) in [6.07, 6.45) is 1.60. The minimum atomic E-state index is -0.596. The van der Waals surface area contributed by atoms with E-state index in [1.54, 1.807) is 24.4 Å². The SMILES string of the molecule is O=C(Nc1ccc2cc(Br)cnc2n1)c1ccccc1[N+](=O)[O-]. The van der Waals surface area contributed by atoms with Crippen molar-refractivity contribution >= 4 is 44.4 Å². The molecule has 0 saturated heterocycles. The van der Waals surface area contributed by atoms with Gasteiger partial charge in [-0.2, -0.15) is 0 Å². The average molecular weight is 373 g/mol.